The molecule has 4 heterocycles. The van der Waals surface area contributed by atoms with E-state index in [1.807, 2.05) is 0 Å². The third-order valence-corrected chi connectivity index (χ3v) is 25.1. The highest BCUT2D eigenvalue weighted by molar-refractivity contribution is 8.00. The van der Waals surface area contributed by atoms with Crippen LogP contribution in [0.2, 0.25) is 0 Å². The Kier molecular flexibility index (Phi) is 36.4. The molecule has 10 rings (SSSR count). The number of hydrogen-bond acceptors (Lipinski definition) is 19. The molecule has 0 bridgehead atoms. The van der Waals surface area contributed by atoms with E-state index in [0.29, 0.717) is 69.9 Å². The van der Waals surface area contributed by atoms with E-state index in [1.165, 1.54) is 100 Å². The third-order valence-electron chi connectivity index (χ3n) is 24.1. The summed E-state index contributed by atoms with van der Waals surface area (Å²) in [6.45, 7) is 6.73. The highest BCUT2D eigenvalue weighted by Crippen LogP contribution is 2.28. The van der Waals surface area contributed by atoms with Gasteiger partial charge in [0.1, 0.15) is 95.9 Å². The van der Waals surface area contributed by atoms with Crippen LogP contribution >= 0.6 is 11.8 Å². The van der Waals surface area contributed by atoms with E-state index in [9.17, 15) is 52.9 Å². The molecule has 0 unspecified atom stereocenters. The molecular formula is C95H114F4N16O19S. The first-order valence-corrected chi connectivity index (χ1v) is 45.5. The molecule has 3 aliphatic rings. The molecule has 13 atom stereocenters. The Morgan fingerprint density at radius 1 is 0.489 bits per heavy atom. The first-order chi connectivity index (χ1) is 64.1. The molecule has 0 aliphatic carbocycles. The number of rotatable bonds is 20. The minimum absolute atomic E-state index is 0.00408. The number of aromatic nitrogens is 1. The fourth-order valence-electron chi connectivity index (χ4n) is 16.5. The number of carbonyl (C=O) groups excluding carboxylic acids is 15. The standard InChI is InChI=1S/C95H114F4N16O19S/c1-51(2)37-67-84(123)109-73(83(122)102-48-78(100)118)49-135-50-79(119)103-71(42-58-38-64(97)81(99)65(98)39-58)92(131)113(8)77(44-57-23-29-60(96)30-24-57)94(133)111(6)53(5)91(130)114-36-16-22-75(114)89(128)107-70(46-80(120)121)87(126)110-82(52(3)4)95(134)112(7)76(43-54-17-10-9-11-18-54)90(129)108-72(41-56-27-33-62(117)34-28-56)93(132)115-35-15-14-21-74(115)88(127)106-69(45-59-47-101-66-20-13-12-19-63(59)66)86(125)105-68(85(124)104-67)40-55-25-31-61(116)32-26-55/h9-13,17-20,23-34,38-39,47,51-53,67-77,82,101,116-117H,14-16,21-22,35-37,40-46,48-50H2,1-8H3,(H2,100,118)(H,102,122)(H,103,119)(H,104,124)(H,105,125)(H,106,127)(H,107,128)(H,108,129)(H,109,123)(H,110,126)(H,120,121)/t53-,67-,68-,69-,70-,71-,72-,73-,74+,75+,76-,77-,82-/m0/s1. The number of para-hydroxylation sites is 1. The number of fused-ring (bicyclic) bond motifs is 3. The zero-order valence-corrected chi connectivity index (χ0v) is 76.7. The maximum atomic E-state index is 15.9. The number of phenolic OH excluding ortho intramolecular Hbond substituents is 2. The number of piperidine rings is 1. The maximum absolute atomic E-state index is 15.9. The maximum Gasteiger partial charge on any atom is 0.305 e. The molecule has 722 valence electrons. The largest absolute Gasteiger partial charge is 0.508 e. The number of H-pyrrole nitrogens is 1. The van der Waals surface area contributed by atoms with Crippen LogP contribution in [0.4, 0.5) is 17.6 Å². The summed E-state index contributed by atoms with van der Waals surface area (Å²) in [7, 11) is 3.55. The average molecular weight is 1890 g/mol. The number of primary amides is 1. The van der Waals surface area contributed by atoms with Crippen molar-refractivity contribution in [1.29, 1.82) is 0 Å². The predicted octanol–water partition coefficient (Wildman–Crippen LogP) is 3.17. The predicted molar refractivity (Wildman–Crippen MR) is 487 cm³/mol. The first kappa shape index (κ1) is 103. The molecule has 3 aliphatic heterocycles. The molecule has 3 fully saturated rings. The summed E-state index contributed by atoms with van der Waals surface area (Å²) < 4.78 is 59.5. The van der Waals surface area contributed by atoms with E-state index < -0.39 is 251 Å². The lowest BCUT2D eigenvalue weighted by atomic mass is 9.96. The summed E-state index contributed by atoms with van der Waals surface area (Å²) in [6.07, 6.45) is -1.35. The summed E-state index contributed by atoms with van der Waals surface area (Å²) >= 11 is 0.643. The number of carboxylic acid groups (broad SMARTS) is 1. The highest BCUT2D eigenvalue weighted by atomic mass is 32.2. The molecular weight excluding hydrogens is 1780 g/mol. The zero-order chi connectivity index (χ0) is 98.3. The number of nitrogens with two attached hydrogens (primary N) is 1. The highest BCUT2D eigenvalue weighted by Gasteiger charge is 2.46. The monoisotopic (exact) mass is 1890 g/mol. The number of aliphatic carboxylic acids is 1. The van der Waals surface area contributed by atoms with Crippen LogP contribution in [0.15, 0.2) is 146 Å². The van der Waals surface area contributed by atoms with Gasteiger partial charge in [-0.3, -0.25) is 76.7 Å². The van der Waals surface area contributed by atoms with Crippen LogP contribution in [0, 0.1) is 35.1 Å². The fourth-order valence-corrected chi connectivity index (χ4v) is 17.4. The first-order valence-electron chi connectivity index (χ1n) is 44.3. The summed E-state index contributed by atoms with van der Waals surface area (Å²) in [5, 5.41) is 55.5. The minimum Gasteiger partial charge on any atom is -0.508 e. The quantitative estimate of drug-likeness (QED) is 0.0385. The van der Waals surface area contributed by atoms with Crippen molar-refractivity contribution in [2.24, 2.45) is 17.6 Å². The lowest BCUT2D eigenvalue weighted by Crippen LogP contribution is -2.63. The molecule has 40 heteroatoms. The van der Waals surface area contributed by atoms with E-state index in [1.54, 1.807) is 74.6 Å². The number of nitrogens with zero attached hydrogens (tertiary/aromatic N) is 5. The van der Waals surface area contributed by atoms with Crippen LogP contribution in [-0.4, -0.2) is 270 Å². The van der Waals surface area contributed by atoms with E-state index in [-0.39, 0.29) is 81.5 Å². The number of thioether (sulfide) groups is 1. The second-order valence-corrected chi connectivity index (χ2v) is 35.9. The number of amides is 15. The molecule has 0 spiro atoms. The number of nitrogens with one attached hydrogen (secondary N) is 10. The topological polar surface area (TPSA) is 500 Å². The number of halogens is 4. The van der Waals surface area contributed by atoms with Crippen molar-refractivity contribution in [2.45, 2.75) is 197 Å². The Morgan fingerprint density at radius 2 is 0.978 bits per heavy atom. The van der Waals surface area contributed by atoms with Gasteiger partial charge in [0.05, 0.1) is 18.7 Å². The number of benzene rings is 6. The third kappa shape index (κ3) is 28.1. The van der Waals surface area contributed by atoms with Crippen LogP contribution < -0.4 is 53.6 Å². The van der Waals surface area contributed by atoms with Crippen LogP contribution in [-0.2, 0) is 115 Å². The molecule has 7 aromatic rings. The van der Waals surface area contributed by atoms with Crippen molar-refractivity contribution in [3.8, 4) is 11.5 Å². The van der Waals surface area contributed by atoms with Crippen LogP contribution in [0.5, 0.6) is 11.5 Å². The summed E-state index contributed by atoms with van der Waals surface area (Å²) in [5.41, 5.74) is 7.62. The summed E-state index contributed by atoms with van der Waals surface area (Å²) in [5.74, 6) is -25.5. The van der Waals surface area contributed by atoms with Gasteiger partial charge in [-0.1, -0.05) is 113 Å². The number of hydrogen-bond donors (Lipinski definition) is 14. The number of aromatic amines is 1. The molecule has 3 saturated heterocycles. The van der Waals surface area contributed by atoms with Gasteiger partial charge in [0.25, 0.3) is 0 Å². The van der Waals surface area contributed by atoms with Gasteiger partial charge in [-0.15, -0.1) is 11.8 Å². The number of carboxylic acids is 1. The van der Waals surface area contributed by atoms with Crippen molar-refractivity contribution >= 4 is 117 Å². The number of phenols is 2. The minimum atomic E-state index is -1.97. The van der Waals surface area contributed by atoms with Crippen molar-refractivity contribution in [1.82, 2.24) is 77.3 Å². The van der Waals surface area contributed by atoms with Crippen molar-refractivity contribution < 1.29 is 110 Å². The lowest BCUT2D eigenvalue weighted by Gasteiger charge is -2.38. The molecule has 6 aromatic carbocycles. The smallest absolute Gasteiger partial charge is 0.305 e. The van der Waals surface area contributed by atoms with Gasteiger partial charge in [0, 0.05) is 95.6 Å². The number of carbonyl (C=O) groups is 16. The Balaban J connectivity index is 1.05. The van der Waals surface area contributed by atoms with Gasteiger partial charge in [0.2, 0.25) is 88.6 Å². The second-order valence-electron chi connectivity index (χ2n) is 34.8. The van der Waals surface area contributed by atoms with E-state index >= 15 is 56.7 Å². The van der Waals surface area contributed by atoms with Gasteiger partial charge >= 0.3 is 5.97 Å². The molecule has 15 N–H and O–H groups in total. The molecule has 135 heavy (non-hydrogen) atoms. The van der Waals surface area contributed by atoms with Crippen LogP contribution in [0.3, 0.4) is 0 Å². The second kappa shape index (κ2) is 47.6. The van der Waals surface area contributed by atoms with E-state index in [2.05, 4.69) is 52.8 Å². The molecule has 15 amide bonds. The number of likely N-dealkylation sites (N-methyl/N-ethyl adjacent to an activating group) is 3. The Bertz CT molecular complexity index is 5460. The van der Waals surface area contributed by atoms with Gasteiger partial charge in [0.15, 0.2) is 17.5 Å². The molecule has 0 saturated carbocycles. The normalized spacial score (nSPS) is 23.5. The van der Waals surface area contributed by atoms with E-state index in [4.69, 9.17) is 5.73 Å². The number of aromatic hydroxyl groups is 2. The molecule has 0 radical (unpaired) electrons. The summed E-state index contributed by atoms with van der Waals surface area (Å²) in [4.78, 5) is 246. The molecule has 1 aromatic heterocycles. The van der Waals surface area contributed by atoms with Crippen LogP contribution in [0.1, 0.15) is 113 Å². The van der Waals surface area contributed by atoms with Crippen molar-refractivity contribution in [3.63, 3.8) is 0 Å². The van der Waals surface area contributed by atoms with Gasteiger partial charge in [-0.25, -0.2) is 17.6 Å². The fraction of sp³-hybridized carbons (Fsp3) is 0.432. The van der Waals surface area contributed by atoms with Gasteiger partial charge < -0.3 is 98.4 Å². The van der Waals surface area contributed by atoms with Crippen LogP contribution in [0.25, 0.3) is 10.9 Å². The average Bonchev–Trinajstić information content (AvgIpc) is 1.67. The Hall–Kier alpha value is -14.0. The van der Waals surface area contributed by atoms with Crippen molar-refractivity contribution in [2.75, 3.05) is 52.3 Å². The Morgan fingerprint density at radius 3 is 1.59 bits per heavy atom. The van der Waals surface area contributed by atoms with Gasteiger partial charge in [-0.2, -0.15) is 0 Å². The Labute approximate surface area is 780 Å². The lowest BCUT2D eigenvalue weighted by molar-refractivity contribution is -0.151. The van der Waals surface area contributed by atoms with Gasteiger partial charge in [-0.05, 0) is 145 Å². The SMILES string of the molecule is CC(C)C[C@@H]1NC(=O)[C@H](Cc2ccc(O)cc2)NC(=O)[C@H](Cc2c[nH]c3ccccc23)NC(=O)[C@H]2CCCCN2C(=O)[C@H](Cc2ccc(O)cc2)NC(=O)[C@H](Cc2ccccc2)N(C)C(=O)[C@H](C(C)C)NC(=O)[C@H](CC(=O)O)NC(=O)[C@H]2CCCN2C(=O)[C@H](C)N(C)C(=O)[C@H](Cc2ccc(F)cc2)N(C)C(=O)[C@H](Cc2cc(F)c(F)c(F)c2)NC(=O)CSC[C@@H](C(=O)NCC(N)=O)NC1=O. The summed E-state index contributed by atoms with van der Waals surface area (Å²) in [6, 6.07) is 11.1. The molecule has 35 nitrogen and oxygen atoms in total. The van der Waals surface area contributed by atoms with Crippen molar-refractivity contribution in [3.05, 3.63) is 202 Å². The zero-order valence-electron chi connectivity index (χ0n) is 75.9. The van der Waals surface area contributed by atoms with E-state index in [0.717, 1.165) is 38.8 Å².